The summed E-state index contributed by atoms with van der Waals surface area (Å²) in [5.41, 5.74) is 0.304. The lowest BCUT2D eigenvalue weighted by Crippen LogP contribution is -2.52. The van der Waals surface area contributed by atoms with Crippen molar-refractivity contribution in [1.82, 2.24) is 10.0 Å². The lowest BCUT2D eigenvalue weighted by atomic mass is 9.99. The van der Waals surface area contributed by atoms with Crippen molar-refractivity contribution in [3.63, 3.8) is 0 Å². The molecule has 0 amide bonds. The molecule has 2 N–H and O–H groups in total. The molecule has 27 heavy (non-hydrogen) atoms. The summed E-state index contributed by atoms with van der Waals surface area (Å²) in [5.74, 6) is 0.0744. The fourth-order valence-electron chi connectivity index (χ4n) is 3.55. The van der Waals surface area contributed by atoms with E-state index in [0.29, 0.717) is 24.3 Å². The Balaban J connectivity index is 1.70. The van der Waals surface area contributed by atoms with Crippen LogP contribution in [0.25, 0.3) is 0 Å². The van der Waals surface area contributed by atoms with E-state index >= 15 is 0 Å². The summed E-state index contributed by atoms with van der Waals surface area (Å²) in [6, 6.07) is 4.63. The van der Waals surface area contributed by atoms with E-state index in [1.165, 1.54) is 6.07 Å². The third-order valence-electron chi connectivity index (χ3n) is 4.92. The van der Waals surface area contributed by atoms with Gasteiger partial charge in [0.1, 0.15) is 5.75 Å². The monoisotopic (exact) mass is 398 g/mol. The van der Waals surface area contributed by atoms with Gasteiger partial charge < -0.3 is 19.5 Å². The first kappa shape index (κ1) is 20.1. The molecule has 0 radical (unpaired) electrons. The van der Waals surface area contributed by atoms with Crippen molar-refractivity contribution >= 4 is 16.0 Å². The molecule has 1 fully saturated rings. The molecule has 150 valence electrons. The molecular formula is C18H26N2O6S. The maximum atomic E-state index is 12.7. The Labute approximate surface area is 159 Å². The number of hydrogen-bond donors (Lipinski definition) is 2. The van der Waals surface area contributed by atoms with Crippen molar-refractivity contribution in [1.29, 1.82) is 0 Å². The summed E-state index contributed by atoms with van der Waals surface area (Å²) in [7, 11) is -2.08. The average Bonchev–Trinajstić information content (AvgIpc) is 3.27. The van der Waals surface area contributed by atoms with Crippen LogP contribution in [0, 0.1) is 0 Å². The fourth-order valence-corrected chi connectivity index (χ4v) is 4.72. The van der Waals surface area contributed by atoms with Crippen molar-refractivity contribution in [2.75, 3.05) is 33.4 Å². The van der Waals surface area contributed by atoms with Gasteiger partial charge in [-0.15, -0.1) is 0 Å². The fraction of sp³-hybridized carbons (Fsp3) is 0.611. The van der Waals surface area contributed by atoms with Crippen LogP contribution in [0.5, 0.6) is 5.75 Å². The molecule has 2 atom stereocenters. The standard InChI is InChI=1S/C18H26N2O6S/c1-3-25-17(21)16-10-13-9-14(5-6-15(13)26-16)27(22,23)20-11-18(12-24-2)7-4-8-19-18/h5-6,9,16,19-20H,3-4,7-8,10-12H2,1-2H3. The highest BCUT2D eigenvalue weighted by Gasteiger charge is 2.35. The number of esters is 1. The van der Waals surface area contributed by atoms with E-state index in [2.05, 4.69) is 10.0 Å². The maximum Gasteiger partial charge on any atom is 0.347 e. The van der Waals surface area contributed by atoms with E-state index in [-0.39, 0.29) is 23.6 Å². The van der Waals surface area contributed by atoms with Crippen LogP contribution < -0.4 is 14.8 Å². The van der Waals surface area contributed by atoms with Crippen molar-refractivity contribution in [2.45, 2.75) is 42.7 Å². The van der Waals surface area contributed by atoms with Crippen LogP contribution in [0.4, 0.5) is 0 Å². The van der Waals surface area contributed by atoms with Crippen molar-refractivity contribution in [2.24, 2.45) is 0 Å². The lowest BCUT2D eigenvalue weighted by molar-refractivity contribution is -0.150. The van der Waals surface area contributed by atoms with E-state index in [4.69, 9.17) is 14.2 Å². The highest BCUT2D eigenvalue weighted by atomic mass is 32.2. The van der Waals surface area contributed by atoms with Crippen LogP contribution in [0.1, 0.15) is 25.3 Å². The molecule has 2 unspecified atom stereocenters. The van der Waals surface area contributed by atoms with Crippen LogP contribution in [-0.4, -0.2) is 59.4 Å². The summed E-state index contributed by atoms with van der Waals surface area (Å²) in [5, 5.41) is 3.34. The minimum absolute atomic E-state index is 0.153. The van der Waals surface area contributed by atoms with Gasteiger partial charge in [0.2, 0.25) is 10.0 Å². The van der Waals surface area contributed by atoms with Crippen LogP contribution in [0.3, 0.4) is 0 Å². The molecule has 0 aromatic heterocycles. The highest BCUT2D eigenvalue weighted by Crippen LogP contribution is 2.31. The summed E-state index contributed by atoms with van der Waals surface area (Å²) < 4.78 is 44.0. The van der Waals surface area contributed by atoms with Crippen LogP contribution >= 0.6 is 0 Å². The Morgan fingerprint density at radius 3 is 2.93 bits per heavy atom. The van der Waals surface area contributed by atoms with Gasteiger partial charge in [-0.25, -0.2) is 17.9 Å². The molecule has 1 aromatic rings. The Bertz CT molecular complexity index is 789. The first-order valence-corrected chi connectivity index (χ1v) is 10.6. The number of nitrogens with one attached hydrogen (secondary N) is 2. The SMILES string of the molecule is CCOC(=O)C1Cc2cc(S(=O)(=O)NCC3(COC)CCCN3)ccc2O1. The van der Waals surface area contributed by atoms with Crippen LogP contribution in [-0.2, 0) is 30.7 Å². The Morgan fingerprint density at radius 1 is 1.44 bits per heavy atom. The number of rotatable bonds is 8. The number of hydrogen-bond acceptors (Lipinski definition) is 7. The molecule has 3 rings (SSSR count). The molecule has 0 bridgehead atoms. The quantitative estimate of drug-likeness (QED) is 0.618. The number of methoxy groups -OCH3 is 1. The molecule has 0 saturated carbocycles. The van der Waals surface area contributed by atoms with E-state index in [9.17, 15) is 13.2 Å². The van der Waals surface area contributed by atoms with E-state index in [1.807, 2.05) is 0 Å². The lowest BCUT2D eigenvalue weighted by Gasteiger charge is -2.28. The van der Waals surface area contributed by atoms with Crippen LogP contribution in [0.15, 0.2) is 23.1 Å². The van der Waals surface area contributed by atoms with Gasteiger partial charge in [0.25, 0.3) is 0 Å². The normalized spacial score (nSPS) is 24.4. The summed E-state index contributed by atoms with van der Waals surface area (Å²) in [6.45, 7) is 3.54. The van der Waals surface area contributed by atoms with Crippen LogP contribution in [0.2, 0.25) is 0 Å². The van der Waals surface area contributed by atoms with Crippen molar-refractivity contribution in [3.8, 4) is 5.75 Å². The zero-order valence-electron chi connectivity index (χ0n) is 15.6. The number of sulfonamides is 1. The summed E-state index contributed by atoms with van der Waals surface area (Å²) in [6.07, 6.45) is 1.41. The minimum atomic E-state index is -3.69. The zero-order chi connectivity index (χ0) is 19.5. The predicted octanol–water partition coefficient (Wildman–Crippen LogP) is 0.600. The Kier molecular flexibility index (Phi) is 6.05. The van der Waals surface area contributed by atoms with Gasteiger partial charge in [0.05, 0.1) is 23.6 Å². The number of benzene rings is 1. The maximum absolute atomic E-state index is 12.7. The van der Waals surface area contributed by atoms with Gasteiger partial charge in [0, 0.05) is 20.1 Å². The second-order valence-electron chi connectivity index (χ2n) is 6.90. The van der Waals surface area contributed by atoms with Gasteiger partial charge in [-0.2, -0.15) is 0 Å². The van der Waals surface area contributed by atoms with Gasteiger partial charge in [-0.1, -0.05) is 0 Å². The highest BCUT2D eigenvalue weighted by molar-refractivity contribution is 7.89. The smallest absolute Gasteiger partial charge is 0.347 e. The van der Waals surface area contributed by atoms with Gasteiger partial charge in [-0.05, 0) is 50.1 Å². The zero-order valence-corrected chi connectivity index (χ0v) is 16.4. The van der Waals surface area contributed by atoms with Crippen molar-refractivity contribution < 1.29 is 27.4 Å². The predicted molar refractivity (Wildman–Crippen MR) is 98.2 cm³/mol. The molecule has 0 aliphatic carbocycles. The van der Waals surface area contributed by atoms with Gasteiger partial charge in [-0.3, -0.25) is 0 Å². The summed E-state index contributed by atoms with van der Waals surface area (Å²) in [4.78, 5) is 12.0. The Hall–Kier alpha value is -1.68. The first-order valence-electron chi connectivity index (χ1n) is 9.09. The summed E-state index contributed by atoms with van der Waals surface area (Å²) >= 11 is 0. The molecule has 0 spiro atoms. The molecule has 1 saturated heterocycles. The number of fused-ring (bicyclic) bond motifs is 1. The van der Waals surface area contributed by atoms with E-state index < -0.39 is 22.1 Å². The third kappa shape index (κ3) is 4.43. The minimum Gasteiger partial charge on any atom is -0.478 e. The molecule has 2 heterocycles. The van der Waals surface area contributed by atoms with E-state index in [0.717, 1.165) is 19.4 Å². The Morgan fingerprint density at radius 2 is 2.26 bits per heavy atom. The number of carbonyl (C=O) groups excluding carboxylic acids is 1. The third-order valence-corrected chi connectivity index (χ3v) is 6.32. The number of carbonyl (C=O) groups is 1. The molecule has 1 aromatic carbocycles. The van der Waals surface area contributed by atoms with Gasteiger partial charge in [0.15, 0.2) is 6.10 Å². The average molecular weight is 398 g/mol. The number of ether oxygens (including phenoxy) is 3. The second-order valence-corrected chi connectivity index (χ2v) is 8.67. The van der Waals surface area contributed by atoms with E-state index in [1.54, 1.807) is 26.2 Å². The largest absolute Gasteiger partial charge is 0.478 e. The molecule has 9 heteroatoms. The molecule has 2 aliphatic heterocycles. The second kappa shape index (κ2) is 8.14. The molecular weight excluding hydrogens is 372 g/mol. The van der Waals surface area contributed by atoms with Gasteiger partial charge >= 0.3 is 5.97 Å². The molecule has 8 nitrogen and oxygen atoms in total. The van der Waals surface area contributed by atoms with Crippen molar-refractivity contribution in [3.05, 3.63) is 23.8 Å². The topological polar surface area (TPSA) is 103 Å². The molecule has 2 aliphatic rings. The first-order chi connectivity index (χ1) is 12.9.